The van der Waals surface area contributed by atoms with Crippen LogP contribution < -0.4 is 0 Å². The first-order valence-corrected chi connectivity index (χ1v) is 7.74. The van der Waals surface area contributed by atoms with Crippen LogP contribution >= 0.6 is 0 Å². The Morgan fingerprint density at radius 1 is 1.18 bits per heavy atom. The van der Waals surface area contributed by atoms with Crippen molar-refractivity contribution in [2.24, 2.45) is 0 Å². The molecular formula is C17H30NO4+. The molecule has 0 bridgehead atoms. The topological polar surface area (TPSA) is 63.6 Å². The summed E-state index contributed by atoms with van der Waals surface area (Å²) < 4.78 is 5.87. The zero-order chi connectivity index (χ0) is 17.0. The van der Waals surface area contributed by atoms with Crippen molar-refractivity contribution >= 4 is 11.9 Å². The molecule has 126 valence electrons. The molecule has 0 aliphatic rings. The molecule has 0 aromatic rings. The number of allylic oxidation sites excluding steroid dienone is 4. The molecule has 22 heavy (non-hydrogen) atoms. The fourth-order valence-electron chi connectivity index (χ4n) is 2.01. The van der Waals surface area contributed by atoms with Crippen LogP contribution in [0.4, 0.5) is 0 Å². The number of carbonyl (C=O) groups excluding carboxylic acids is 1. The number of nitrogens with zero attached hydrogens (tertiary/aromatic N) is 1. The van der Waals surface area contributed by atoms with Crippen LogP contribution in [-0.2, 0) is 14.3 Å². The predicted molar refractivity (Wildman–Crippen MR) is 87.5 cm³/mol. The summed E-state index contributed by atoms with van der Waals surface area (Å²) in [7, 11) is 5.83. The number of unbranched alkanes of at least 4 members (excludes halogenated alkanes) is 2. The van der Waals surface area contributed by atoms with Gasteiger partial charge in [0.15, 0.2) is 6.10 Å². The number of likely N-dealkylation sites (N-methyl/N-ethyl adjacent to an activating group) is 1. The Balaban J connectivity index is 4.09. The van der Waals surface area contributed by atoms with Crippen molar-refractivity contribution in [3.8, 4) is 0 Å². The molecule has 0 aliphatic carbocycles. The number of esters is 1. The van der Waals surface area contributed by atoms with Gasteiger partial charge in [-0.05, 0) is 26.2 Å². The van der Waals surface area contributed by atoms with E-state index in [0.717, 1.165) is 19.3 Å². The van der Waals surface area contributed by atoms with Crippen molar-refractivity contribution < 1.29 is 23.9 Å². The summed E-state index contributed by atoms with van der Waals surface area (Å²) in [5.74, 6) is -1.25. The Kier molecular flexibility index (Phi) is 10.2. The third kappa shape index (κ3) is 13.4. The minimum atomic E-state index is -0.944. The third-order valence-electron chi connectivity index (χ3n) is 2.89. The fraction of sp³-hybridized carbons (Fsp3) is 0.647. The number of hydrogen-bond acceptors (Lipinski definition) is 3. The van der Waals surface area contributed by atoms with Gasteiger partial charge in [0.1, 0.15) is 6.54 Å². The van der Waals surface area contributed by atoms with Gasteiger partial charge < -0.3 is 14.3 Å². The number of aliphatic carboxylic acids is 1. The van der Waals surface area contributed by atoms with E-state index in [1.807, 2.05) is 46.3 Å². The molecule has 0 heterocycles. The average molecular weight is 312 g/mol. The third-order valence-corrected chi connectivity index (χ3v) is 2.89. The Morgan fingerprint density at radius 3 is 2.41 bits per heavy atom. The van der Waals surface area contributed by atoms with Crippen LogP contribution in [-0.4, -0.2) is 55.3 Å². The predicted octanol–water partition coefficient (Wildman–Crippen LogP) is 2.77. The minimum absolute atomic E-state index is 0.145. The van der Waals surface area contributed by atoms with Gasteiger partial charge in [-0.1, -0.05) is 24.3 Å². The molecule has 1 N–H and O–H groups in total. The second kappa shape index (κ2) is 11.0. The van der Waals surface area contributed by atoms with Gasteiger partial charge in [-0.25, -0.2) is 0 Å². The van der Waals surface area contributed by atoms with Gasteiger partial charge in [0, 0.05) is 6.42 Å². The van der Waals surface area contributed by atoms with Crippen LogP contribution in [0.15, 0.2) is 24.3 Å². The number of quaternary nitrogens is 1. The smallest absolute Gasteiger partial charge is 0.307 e. The van der Waals surface area contributed by atoms with Crippen LogP contribution in [0.3, 0.4) is 0 Å². The van der Waals surface area contributed by atoms with Crippen molar-refractivity contribution in [2.75, 3.05) is 27.7 Å². The van der Waals surface area contributed by atoms with Gasteiger partial charge in [-0.15, -0.1) is 0 Å². The normalized spacial score (nSPS) is 13.6. The van der Waals surface area contributed by atoms with E-state index >= 15 is 0 Å². The Labute approximate surface area is 133 Å². The standard InChI is InChI=1S/C17H29NO4/c1-5-6-7-8-9-10-11-12-17(21)22-15(13-16(19)20)14-18(2,3)4/h5-8,15H,9-14H2,1-4H3/p+1/b6-5+,8-7+. The lowest BCUT2D eigenvalue weighted by atomic mass is 10.2. The monoisotopic (exact) mass is 312 g/mol. The highest BCUT2D eigenvalue weighted by Crippen LogP contribution is 2.09. The molecule has 0 amide bonds. The zero-order valence-electron chi connectivity index (χ0n) is 14.2. The highest BCUT2D eigenvalue weighted by molar-refractivity contribution is 5.71. The van der Waals surface area contributed by atoms with Crippen LogP contribution in [0.1, 0.15) is 39.0 Å². The van der Waals surface area contributed by atoms with E-state index in [2.05, 4.69) is 6.08 Å². The van der Waals surface area contributed by atoms with Crippen LogP contribution in [0.2, 0.25) is 0 Å². The van der Waals surface area contributed by atoms with Crippen LogP contribution in [0, 0.1) is 0 Å². The van der Waals surface area contributed by atoms with Gasteiger partial charge in [0.05, 0.1) is 27.6 Å². The van der Waals surface area contributed by atoms with Crippen molar-refractivity contribution in [1.82, 2.24) is 0 Å². The second-order valence-electron chi connectivity index (χ2n) is 6.38. The van der Waals surface area contributed by atoms with E-state index in [4.69, 9.17) is 9.84 Å². The molecule has 0 radical (unpaired) electrons. The van der Waals surface area contributed by atoms with Gasteiger partial charge >= 0.3 is 11.9 Å². The molecule has 5 nitrogen and oxygen atoms in total. The van der Waals surface area contributed by atoms with E-state index < -0.39 is 12.1 Å². The van der Waals surface area contributed by atoms with Crippen molar-refractivity contribution in [1.29, 1.82) is 0 Å². The summed E-state index contributed by atoms with van der Waals surface area (Å²) in [6.07, 6.45) is 10.2. The molecule has 0 aromatic carbocycles. The Morgan fingerprint density at radius 2 is 1.86 bits per heavy atom. The first-order valence-electron chi connectivity index (χ1n) is 7.74. The Hall–Kier alpha value is -1.62. The SMILES string of the molecule is C/C=C/C=C/CCCCC(=O)OC(CC(=O)O)C[N+](C)(C)C. The summed E-state index contributed by atoms with van der Waals surface area (Å²) >= 11 is 0. The summed E-state index contributed by atoms with van der Waals surface area (Å²) in [5, 5.41) is 8.90. The highest BCUT2D eigenvalue weighted by Gasteiger charge is 2.24. The van der Waals surface area contributed by atoms with E-state index in [1.165, 1.54) is 0 Å². The molecule has 0 fully saturated rings. The molecule has 5 heteroatoms. The number of hydrogen-bond donors (Lipinski definition) is 1. The lowest BCUT2D eigenvalue weighted by Crippen LogP contribution is -2.43. The van der Waals surface area contributed by atoms with Crippen molar-refractivity contribution in [2.45, 2.75) is 45.1 Å². The summed E-state index contributed by atoms with van der Waals surface area (Å²) in [6.45, 7) is 2.45. The highest BCUT2D eigenvalue weighted by atomic mass is 16.5. The number of ether oxygens (including phenoxy) is 1. The second-order valence-corrected chi connectivity index (χ2v) is 6.38. The number of carboxylic acid groups (broad SMARTS) is 1. The zero-order valence-corrected chi connectivity index (χ0v) is 14.2. The molecule has 1 unspecified atom stereocenters. The molecular weight excluding hydrogens is 282 g/mol. The number of carbonyl (C=O) groups is 2. The van der Waals surface area contributed by atoms with E-state index in [0.29, 0.717) is 17.4 Å². The fourth-order valence-corrected chi connectivity index (χ4v) is 2.01. The van der Waals surface area contributed by atoms with E-state index in [1.54, 1.807) is 0 Å². The minimum Gasteiger partial charge on any atom is -0.481 e. The van der Waals surface area contributed by atoms with Crippen molar-refractivity contribution in [3.05, 3.63) is 24.3 Å². The maximum atomic E-state index is 11.8. The maximum absolute atomic E-state index is 11.8. The van der Waals surface area contributed by atoms with Gasteiger partial charge in [0.2, 0.25) is 0 Å². The quantitative estimate of drug-likeness (QED) is 0.276. The molecule has 0 saturated heterocycles. The Bertz CT molecular complexity index is 394. The largest absolute Gasteiger partial charge is 0.481 e. The van der Waals surface area contributed by atoms with Crippen LogP contribution in [0.25, 0.3) is 0 Å². The lowest BCUT2D eigenvalue weighted by molar-refractivity contribution is -0.873. The summed E-state index contributed by atoms with van der Waals surface area (Å²) in [6, 6.07) is 0. The summed E-state index contributed by atoms with van der Waals surface area (Å²) in [5.41, 5.74) is 0. The average Bonchev–Trinajstić information content (AvgIpc) is 2.34. The number of rotatable bonds is 11. The van der Waals surface area contributed by atoms with Gasteiger partial charge in [0.25, 0.3) is 0 Å². The maximum Gasteiger partial charge on any atom is 0.307 e. The molecule has 0 aliphatic heterocycles. The van der Waals surface area contributed by atoms with E-state index in [9.17, 15) is 9.59 Å². The molecule has 1 atom stereocenters. The van der Waals surface area contributed by atoms with Crippen molar-refractivity contribution in [3.63, 3.8) is 0 Å². The van der Waals surface area contributed by atoms with Crippen LogP contribution in [0.5, 0.6) is 0 Å². The van der Waals surface area contributed by atoms with Gasteiger partial charge in [-0.2, -0.15) is 0 Å². The summed E-state index contributed by atoms with van der Waals surface area (Å²) in [4.78, 5) is 22.7. The van der Waals surface area contributed by atoms with Gasteiger partial charge in [-0.3, -0.25) is 9.59 Å². The molecule has 0 aromatic heterocycles. The first kappa shape index (κ1) is 20.4. The first-order chi connectivity index (χ1) is 10.2. The molecule has 0 rings (SSSR count). The van der Waals surface area contributed by atoms with E-state index in [-0.39, 0.29) is 12.4 Å². The lowest BCUT2D eigenvalue weighted by Gasteiger charge is -2.28. The number of carboxylic acids is 1. The molecule has 0 spiro atoms. The molecule has 0 saturated carbocycles.